The molecule has 1 aromatic rings. The predicted molar refractivity (Wildman–Crippen MR) is 70.6 cm³/mol. The molecule has 0 radical (unpaired) electrons. The van der Waals surface area contributed by atoms with Crippen LogP contribution in [0.1, 0.15) is 23.2 Å². The maximum absolute atomic E-state index is 12.1. The van der Waals surface area contributed by atoms with Crippen molar-refractivity contribution in [3.8, 4) is 0 Å². The Hall–Kier alpha value is -1.95. The minimum Gasteiger partial charge on any atom is -0.452 e. The topological polar surface area (TPSA) is 73.9 Å². The number of benzene rings is 1. The second-order valence-electron chi connectivity index (χ2n) is 5.54. The number of nitro benzene ring substituents is 1. The molecule has 0 unspecified atom stereocenters. The first-order valence-corrected chi connectivity index (χ1v) is 6.92. The predicted octanol–water partition coefficient (Wildman–Crippen LogP) is 0.429. The molecule has 0 saturated carbocycles. The van der Waals surface area contributed by atoms with Gasteiger partial charge in [-0.15, -0.1) is 0 Å². The van der Waals surface area contributed by atoms with Crippen molar-refractivity contribution in [2.24, 2.45) is 5.92 Å². The fraction of sp³-hybridized carbons (Fsp3) is 0.500. The lowest BCUT2D eigenvalue weighted by molar-refractivity contribution is -0.920. The number of hydrogen-bond acceptors (Lipinski definition) is 4. The van der Waals surface area contributed by atoms with Crippen molar-refractivity contribution in [2.75, 3.05) is 19.6 Å². The Morgan fingerprint density at radius 2 is 1.90 bits per heavy atom. The zero-order valence-electron chi connectivity index (χ0n) is 11.1. The number of hydrogen-bond donors (Lipinski definition) is 1. The molecule has 4 rings (SSSR count). The normalized spacial score (nSPS) is 28.1. The number of non-ortho nitro benzene ring substituents is 1. The zero-order chi connectivity index (χ0) is 14.1. The Balaban J connectivity index is 1.65. The number of fused-ring (bicyclic) bond motifs is 3. The fourth-order valence-corrected chi connectivity index (χ4v) is 3.14. The van der Waals surface area contributed by atoms with Gasteiger partial charge in [0.2, 0.25) is 0 Å². The molecule has 0 aliphatic carbocycles. The van der Waals surface area contributed by atoms with Crippen LogP contribution in [-0.2, 0) is 4.74 Å². The summed E-state index contributed by atoms with van der Waals surface area (Å²) in [5.41, 5.74) is 0.357. The molecule has 1 aromatic carbocycles. The molecule has 106 valence electrons. The number of piperidine rings is 3. The van der Waals surface area contributed by atoms with Crippen LogP contribution in [0.3, 0.4) is 0 Å². The number of ether oxygens (including phenoxy) is 1. The van der Waals surface area contributed by atoms with Crippen molar-refractivity contribution >= 4 is 11.7 Å². The summed E-state index contributed by atoms with van der Waals surface area (Å²) in [6, 6.07) is 5.57. The molecular weight excluding hydrogens is 260 g/mol. The van der Waals surface area contributed by atoms with Gasteiger partial charge in [0.15, 0.2) is 6.10 Å². The van der Waals surface area contributed by atoms with Crippen LogP contribution < -0.4 is 4.90 Å². The van der Waals surface area contributed by atoms with Gasteiger partial charge >= 0.3 is 5.97 Å². The summed E-state index contributed by atoms with van der Waals surface area (Å²) in [6.07, 6.45) is 2.23. The molecule has 3 aliphatic rings. The van der Waals surface area contributed by atoms with Gasteiger partial charge in [-0.2, -0.15) is 0 Å². The van der Waals surface area contributed by atoms with Crippen LogP contribution >= 0.6 is 0 Å². The molecule has 3 saturated heterocycles. The van der Waals surface area contributed by atoms with Crippen molar-refractivity contribution in [1.29, 1.82) is 0 Å². The van der Waals surface area contributed by atoms with E-state index in [-0.39, 0.29) is 17.8 Å². The number of carbonyl (C=O) groups is 1. The smallest absolute Gasteiger partial charge is 0.338 e. The van der Waals surface area contributed by atoms with Gasteiger partial charge in [-0.3, -0.25) is 10.1 Å². The van der Waals surface area contributed by atoms with Gasteiger partial charge in [-0.25, -0.2) is 4.79 Å². The van der Waals surface area contributed by atoms with Crippen LogP contribution in [0.25, 0.3) is 0 Å². The molecule has 0 aromatic heterocycles. The Bertz CT molecular complexity index is 520. The summed E-state index contributed by atoms with van der Waals surface area (Å²) in [4.78, 5) is 23.7. The number of esters is 1. The number of rotatable bonds is 3. The Labute approximate surface area is 116 Å². The molecule has 3 fully saturated rings. The highest BCUT2D eigenvalue weighted by Gasteiger charge is 2.39. The quantitative estimate of drug-likeness (QED) is 0.494. The van der Waals surface area contributed by atoms with E-state index in [0.29, 0.717) is 11.5 Å². The number of carbonyl (C=O) groups excluding carboxylic acids is 1. The van der Waals surface area contributed by atoms with Crippen LogP contribution in [0.2, 0.25) is 0 Å². The maximum atomic E-state index is 12.1. The number of nitrogens with one attached hydrogen (secondary N) is 1. The highest BCUT2D eigenvalue weighted by molar-refractivity contribution is 5.89. The minimum atomic E-state index is -0.480. The standard InChI is InChI=1S/C14H16N2O4/c17-14(11-1-3-12(4-2-11)16(18)19)20-13-9-15-7-5-10(13)6-8-15/h1-4,10,13H,5-9H2/p+1/t13-/m0/s1. The lowest BCUT2D eigenvalue weighted by Gasteiger charge is -2.41. The number of nitro groups is 1. The van der Waals surface area contributed by atoms with Crippen molar-refractivity contribution in [3.05, 3.63) is 39.9 Å². The molecule has 1 N–H and O–H groups in total. The van der Waals surface area contributed by atoms with Gasteiger partial charge in [-0.1, -0.05) is 0 Å². The van der Waals surface area contributed by atoms with E-state index in [1.807, 2.05) is 0 Å². The first-order valence-electron chi connectivity index (χ1n) is 6.92. The van der Waals surface area contributed by atoms with Crippen LogP contribution in [0, 0.1) is 16.0 Å². The average molecular weight is 277 g/mol. The Morgan fingerprint density at radius 1 is 1.25 bits per heavy atom. The van der Waals surface area contributed by atoms with E-state index < -0.39 is 4.92 Å². The average Bonchev–Trinajstić information content (AvgIpc) is 2.48. The third-order valence-corrected chi connectivity index (χ3v) is 4.33. The lowest BCUT2D eigenvalue weighted by atomic mass is 9.86. The Kier molecular flexibility index (Phi) is 3.40. The second-order valence-corrected chi connectivity index (χ2v) is 5.54. The molecule has 0 spiro atoms. The third kappa shape index (κ3) is 2.51. The Morgan fingerprint density at radius 3 is 2.40 bits per heavy atom. The van der Waals surface area contributed by atoms with Gasteiger partial charge < -0.3 is 9.64 Å². The van der Waals surface area contributed by atoms with Crippen molar-refractivity contribution in [1.82, 2.24) is 0 Å². The van der Waals surface area contributed by atoms with E-state index in [1.165, 1.54) is 42.3 Å². The zero-order valence-corrected chi connectivity index (χ0v) is 11.1. The first kappa shape index (κ1) is 13.1. The lowest BCUT2D eigenvalue weighted by Crippen LogP contribution is -3.16. The molecule has 0 amide bonds. The molecular formula is C14H17N2O4+. The largest absolute Gasteiger partial charge is 0.452 e. The van der Waals surface area contributed by atoms with Crippen LogP contribution in [0.4, 0.5) is 5.69 Å². The van der Waals surface area contributed by atoms with E-state index in [2.05, 4.69) is 0 Å². The van der Waals surface area contributed by atoms with E-state index in [0.717, 1.165) is 19.4 Å². The highest BCUT2D eigenvalue weighted by Crippen LogP contribution is 2.22. The molecule has 1 atom stereocenters. The van der Waals surface area contributed by atoms with E-state index in [1.54, 1.807) is 0 Å². The molecule has 2 bridgehead atoms. The molecule has 3 aliphatic heterocycles. The summed E-state index contributed by atoms with van der Waals surface area (Å²) in [7, 11) is 0. The maximum Gasteiger partial charge on any atom is 0.338 e. The summed E-state index contributed by atoms with van der Waals surface area (Å²) < 4.78 is 5.58. The van der Waals surface area contributed by atoms with Crippen LogP contribution in [-0.4, -0.2) is 36.6 Å². The van der Waals surface area contributed by atoms with E-state index >= 15 is 0 Å². The molecule has 20 heavy (non-hydrogen) atoms. The van der Waals surface area contributed by atoms with Crippen molar-refractivity contribution in [3.63, 3.8) is 0 Å². The monoisotopic (exact) mass is 277 g/mol. The summed E-state index contributed by atoms with van der Waals surface area (Å²) in [5.74, 6) is 0.104. The third-order valence-electron chi connectivity index (χ3n) is 4.33. The summed E-state index contributed by atoms with van der Waals surface area (Å²) in [6.45, 7) is 3.25. The van der Waals surface area contributed by atoms with Crippen molar-refractivity contribution < 1.29 is 19.4 Å². The number of nitrogens with zero attached hydrogens (tertiary/aromatic N) is 1. The molecule has 3 heterocycles. The summed E-state index contributed by atoms with van der Waals surface area (Å²) >= 11 is 0. The van der Waals surface area contributed by atoms with Gasteiger partial charge in [0, 0.05) is 30.9 Å². The highest BCUT2D eigenvalue weighted by atomic mass is 16.6. The van der Waals surface area contributed by atoms with E-state index in [9.17, 15) is 14.9 Å². The minimum absolute atomic E-state index is 0.00445. The van der Waals surface area contributed by atoms with Gasteiger partial charge in [0.1, 0.15) is 6.54 Å². The molecule has 6 nitrogen and oxygen atoms in total. The SMILES string of the molecule is O=C(O[C@H]1C[NH+]2CCC1CC2)c1ccc([N+](=O)[O-])cc1. The van der Waals surface area contributed by atoms with E-state index in [4.69, 9.17) is 4.74 Å². The fourth-order valence-electron chi connectivity index (χ4n) is 3.14. The first-order chi connectivity index (χ1) is 9.63. The van der Waals surface area contributed by atoms with Gasteiger partial charge in [0.05, 0.1) is 23.6 Å². The van der Waals surface area contributed by atoms with Crippen molar-refractivity contribution in [2.45, 2.75) is 18.9 Å². The van der Waals surface area contributed by atoms with Crippen LogP contribution in [0.5, 0.6) is 0 Å². The molecule has 6 heteroatoms. The van der Waals surface area contributed by atoms with Gasteiger partial charge in [-0.05, 0) is 12.1 Å². The van der Waals surface area contributed by atoms with Crippen LogP contribution in [0.15, 0.2) is 24.3 Å². The second kappa shape index (κ2) is 5.20. The van der Waals surface area contributed by atoms with Gasteiger partial charge in [0.25, 0.3) is 5.69 Å². The number of quaternary nitrogens is 1. The summed E-state index contributed by atoms with van der Waals surface area (Å²) in [5, 5.41) is 10.6.